The third kappa shape index (κ3) is 5.46. The first-order valence-corrected chi connectivity index (χ1v) is 9.00. The van der Waals surface area contributed by atoms with Crippen LogP contribution >= 0.6 is 11.8 Å². The zero-order chi connectivity index (χ0) is 18.4. The van der Waals surface area contributed by atoms with Crippen LogP contribution in [0.1, 0.15) is 40.5 Å². The van der Waals surface area contributed by atoms with Crippen LogP contribution in [0, 0.1) is 0 Å². The monoisotopic (exact) mass is 361 g/mol. The molecule has 1 amide bonds. The Balaban J connectivity index is 2.10. The second-order valence-corrected chi connectivity index (χ2v) is 6.36. The first-order valence-electron chi connectivity index (χ1n) is 7.60. The van der Waals surface area contributed by atoms with Crippen LogP contribution in [0.25, 0.3) is 0 Å². The molecule has 0 radical (unpaired) electrons. The lowest BCUT2D eigenvalue weighted by atomic mass is 10.2. The van der Waals surface area contributed by atoms with Gasteiger partial charge >= 0.3 is 5.97 Å². The van der Waals surface area contributed by atoms with Gasteiger partial charge in [-0.2, -0.15) is 11.8 Å². The molecule has 1 aromatic heterocycles. The summed E-state index contributed by atoms with van der Waals surface area (Å²) in [5.41, 5.74) is 0.537. The van der Waals surface area contributed by atoms with Gasteiger partial charge in [0.1, 0.15) is 11.5 Å². The molecule has 132 valence electrons. The zero-order valence-electron chi connectivity index (χ0n) is 14.2. The normalized spacial score (nSPS) is 10.6. The van der Waals surface area contributed by atoms with Crippen molar-refractivity contribution in [1.82, 2.24) is 9.97 Å². The van der Waals surface area contributed by atoms with Crippen molar-refractivity contribution in [3.8, 4) is 0 Å². The fourth-order valence-electron chi connectivity index (χ4n) is 2.00. The minimum absolute atomic E-state index is 0.0381. The number of thioether (sulfide) groups is 1. The minimum atomic E-state index is -0.494. The molecule has 2 rings (SSSR count). The molecule has 8 heteroatoms. The van der Waals surface area contributed by atoms with Crippen molar-refractivity contribution in [2.24, 2.45) is 0 Å². The van der Waals surface area contributed by atoms with Crippen molar-refractivity contribution in [3.63, 3.8) is 0 Å². The molecule has 0 spiro atoms. The van der Waals surface area contributed by atoms with Crippen LogP contribution in [0.3, 0.4) is 0 Å². The first kappa shape index (κ1) is 18.7. The van der Waals surface area contributed by atoms with Crippen molar-refractivity contribution in [1.29, 1.82) is 0 Å². The maximum Gasteiger partial charge on any atom is 0.338 e. The number of aromatic nitrogens is 2. The second-order valence-electron chi connectivity index (χ2n) is 5.50. The highest BCUT2D eigenvalue weighted by Gasteiger charge is 2.12. The lowest BCUT2D eigenvalue weighted by molar-refractivity contribution is 0.0378. The van der Waals surface area contributed by atoms with Gasteiger partial charge in [-0.15, -0.1) is 0 Å². The predicted molar refractivity (Wildman–Crippen MR) is 97.0 cm³/mol. The molecule has 0 bridgehead atoms. The number of hydrogen-bond acceptors (Lipinski definition) is 6. The number of carbonyl (C=O) groups excluding carboxylic acids is 2. The Morgan fingerprint density at radius 1 is 1.28 bits per heavy atom. The average Bonchev–Trinajstić information content (AvgIpc) is 2.54. The molecule has 0 aliphatic carbocycles. The number of hydrogen-bond donors (Lipinski definition) is 2. The average molecular weight is 361 g/mol. The van der Waals surface area contributed by atoms with Gasteiger partial charge < -0.3 is 15.0 Å². The summed E-state index contributed by atoms with van der Waals surface area (Å²) in [6.07, 6.45) is 1.67. The summed E-state index contributed by atoms with van der Waals surface area (Å²) in [7, 11) is 0. The van der Waals surface area contributed by atoms with Crippen molar-refractivity contribution in [2.45, 2.75) is 25.7 Å². The van der Waals surface area contributed by atoms with Crippen LogP contribution in [0.2, 0.25) is 0 Å². The Hall–Kier alpha value is -2.61. The number of ether oxygens (including phenoxy) is 1. The van der Waals surface area contributed by atoms with E-state index >= 15 is 0 Å². The highest BCUT2D eigenvalue weighted by molar-refractivity contribution is 7.97. The molecular weight excluding hydrogens is 342 g/mol. The summed E-state index contributed by atoms with van der Waals surface area (Å²) < 4.78 is 5.10. The molecule has 0 saturated carbocycles. The Morgan fingerprint density at radius 3 is 2.56 bits per heavy atom. The van der Waals surface area contributed by atoms with Crippen LogP contribution in [-0.2, 0) is 10.5 Å². The maximum absolute atomic E-state index is 12.3. The van der Waals surface area contributed by atoms with E-state index in [1.165, 1.54) is 11.8 Å². The van der Waals surface area contributed by atoms with Gasteiger partial charge in [-0.1, -0.05) is 0 Å². The highest BCUT2D eigenvalue weighted by atomic mass is 32.2. The first-order chi connectivity index (χ1) is 11.9. The number of benzene rings is 1. The molecule has 0 aliphatic heterocycles. The number of anilines is 1. The molecule has 2 aromatic rings. The zero-order valence-corrected chi connectivity index (χ0v) is 15.0. The number of amides is 1. The van der Waals surface area contributed by atoms with E-state index in [1.807, 2.05) is 6.26 Å². The fourth-order valence-corrected chi connectivity index (χ4v) is 2.41. The van der Waals surface area contributed by atoms with E-state index in [-0.39, 0.29) is 17.4 Å². The quantitative estimate of drug-likeness (QED) is 0.767. The SMILES string of the molecule is CSCc1nc(C(=O)Nc2ccc(C(=O)OC(C)C)cc2)cc(=O)[nH]1. The van der Waals surface area contributed by atoms with Crippen LogP contribution in [0.4, 0.5) is 5.69 Å². The van der Waals surface area contributed by atoms with Gasteiger partial charge in [-0.3, -0.25) is 9.59 Å². The van der Waals surface area contributed by atoms with Crippen molar-refractivity contribution >= 4 is 29.3 Å². The molecule has 0 atom stereocenters. The number of rotatable bonds is 6. The predicted octanol–water partition coefficient (Wildman–Crippen LogP) is 2.45. The molecule has 7 nitrogen and oxygen atoms in total. The van der Waals surface area contributed by atoms with E-state index < -0.39 is 11.9 Å². The molecule has 0 aliphatic rings. The molecule has 0 unspecified atom stereocenters. The van der Waals surface area contributed by atoms with E-state index in [0.29, 0.717) is 22.8 Å². The number of esters is 1. The highest BCUT2D eigenvalue weighted by Crippen LogP contribution is 2.12. The Labute approximate surface area is 149 Å². The van der Waals surface area contributed by atoms with Gasteiger partial charge in [-0.05, 0) is 44.4 Å². The summed E-state index contributed by atoms with van der Waals surface area (Å²) >= 11 is 1.49. The van der Waals surface area contributed by atoms with Gasteiger partial charge in [-0.25, -0.2) is 9.78 Å². The van der Waals surface area contributed by atoms with Gasteiger partial charge in [0.05, 0.1) is 17.4 Å². The van der Waals surface area contributed by atoms with E-state index in [4.69, 9.17) is 4.74 Å². The minimum Gasteiger partial charge on any atom is -0.459 e. The summed E-state index contributed by atoms with van der Waals surface area (Å²) in [4.78, 5) is 42.4. The van der Waals surface area contributed by atoms with Gasteiger partial charge in [0, 0.05) is 11.8 Å². The Morgan fingerprint density at radius 2 is 1.96 bits per heavy atom. The summed E-state index contributed by atoms with van der Waals surface area (Å²) in [5, 5.41) is 2.65. The van der Waals surface area contributed by atoms with Crippen LogP contribution < -0.4 is 10.9 Å². The standard InChI is InChI=1S/C17H19N3O4S/c1-10(2)24-17(23)11-4-6-12(7-5-11)18-16(22)13-8-15(21)20-14(19-13)9-25-3/h4-8,10H,9H2,1-3H3,(H,18,22)(H,19,20,21). The number of H-pyrrole nitrogens is 1. The molecule has 0 saturated heterocycles. The topological polar surface area (TPSA) is 101 Å². The third-order valence-corrected chi connectivity index (χ3v) is 3.59. The lowest BCUT2D eigenvalue weighted by Crippen LogP contribution is -2.20. The second kappa shape index (κ2) is 8.48. The molecule has 1 heterocycles. The lowest BCUT2D eigenvalue weighted by Gasteiger charge is -2.09. The number of carbonyl (C=O) groups is 2. The van der Waals surface area contributed by atoms with E-state index in [0.717, 1.165) is 6.07 Å². The molecule has 25 heavy (non-hydrogen) atoms. The summed E-state index contributed by atoms with van der Waals surface area (Å²) in [6.45, 7) is 3.54. The Bertz CT molecular complexity index is 815. The molecule has 0 fully saturated rings. The van der Waals surface area contributed by atoms with E-state index in [1.54, 1.807) is 38.1 Å². The van der Waals surface area contributed by atoms with Crippen LogP contribution in [0.5, 0.6) is 0 Å². The largest absolute Gasteiger partial charge is 0.459 e. The molecule has 1 aromatic carbocycles. The molecular formula is C17H19N3O4S. The van der Waals surface area contributed by atoms with Gasteiger partial charge in [0.2, 0.25) is 0 Å². The maximum atomic E-state index is 12.3. The molecule has 2 N–H and O–H groups in total. The fraction of sp³-hybridized carbons (Fsp3) is 0.294. The van der Waals surface area contributed by atoms with Crippen LogP contribution in [-0.4, -0.2) is 34.2 Å². The van der Waals surface area contributed by atoms with Crippen molar-refractivity contribution in [3.05, 3.63) is 57.8 Å². The van der Waals surface area contributed by atoms with Gasteiger partial charge in [0.15, 0.2) is 0 Å². The summed E-state index contributed by atoms with van der Waals surface area (Å²) in [6, 6.07) is 7.44. The van der Waals surface area contributed by atoms with Crippen molar-refractivity contribution in [2.75, 3.05) is 11.6 Å². The van der Waals surface area contributed by atoms with Crippen molar-refractivity contribution < 1.29 is 14.3 Å². The smallest absolute Gasteiger partial charge is 0.338 e. The van der Waals surface area contributed by atoms with E-state index in [2.05, 4.69) is 15.3 Å². The number of nitrogens with one attached hydrogen (secondary N) is 2. The Kier molecular flexibility index (Phi) is 6.35. The van der Waals surface area contributed by atoms with Crippen LogP contribution in [0.15, 0.2) is 35.1 Å². The summed E-state index contributed by atoms with van der Waals surface area (Å²) in [5.74, 6) is 0.0250. The van der Waals surface area contributed by atoms with Gasteiger partial charge in [0.25, 0.3) is 11.5 Å². The number of nitrogens with zero attached hydrogens (tertiary/aromatic N) is 1. The van der Waals surface area contributed by atoms with E-state index in [9.17, 15) is 14.4 Å². The number of aromatic amines is 1. The third-order valence-electron chi connectivity index (χ3n) is 3.03.